The second-order valence-corrected chi connectivity index (χ2v) is 17.3. The van der Waals surface area contributed by atoms with E-state index in [1.54, 1.807) is 0 Å². The van der Waals surface area contributed by atoms with E-state index in [0.29, 0.717) is 0 Å². The van der Waals surface area contributed by atoms with Crippen LogP contribution < -0.4 is 0 Å². The molecular formula is C6H12BiCl3. The van der Waals surface area contributed by atoms with E-state index in [2.05, 4.69) is 0 Å². The Morgan fingerprint density at radius 1 is 0.600 bits per heavy atom. The van der Waals surface area contributed by atoms with Crippen LogP contribution >= 0.6 is 25.5 Å². The first kappa shape index (κ1) is 11.8. The van der Waals surface area contributed by atoms with Crippen LogP contribution in [0.1, 0.15) is 38.5 Å². The third kappa shape index (κ3) is 12.4. The second kappa shape index (κ2) is 8.85. The van der Waals surface area contributed by atoms with Gasteiger partial charge in [0.1, 0.15) is 0 Å². The zero-order valence-corrected chi connectivity index (χ0v) is 11.6. The van der Waals surface area contributed by atoms with Crippen molar-refractivity contribution in [2.75, 3.05) is 0 Å². The van der Waals surface area contributed by atoms with E-state index in [4.69, 9.17) is 25.5 Å². The quantitative estimate of drug-likeness (QED) is 0.540. The monoisotopic (exact) mass is 398 g/mol. The van der Waals surface area contributed by atoms with Gasteiger partial charge in [-0.15, -0.1) is 0 Å². The predicted octanol–water partition coefficient (Wildman–Crippen LogP) is 4.03. The van der Waals surface area contributed by atoms with Gasteiger partial charge >= 0.3 is 43.7 Å². The average molecular weight is 400 g/mol. The summed E-state index contributed by atoms with van der Waals surface area (Å²) < 4.78 is 0. The molecule has 0 nitrogen and oxygen atoms in total. The van der Waals surface area contributed by atoms with Crippen LogP contribution in [0.5, 0.6) is 0 Å². The Bertz CT molecular complexity index is 49.7. The molecule has 0 spiro atoms. The van der Waals surface area contributed by atoms with Crippen molar-refractivity contribution in [2.45, 2.75) is 38.5 Å². The summed E-state index contributed by atoms with van der Waals surface area (Å²) in [6.07, 6.45) is 9.00. The summed E-state index contributed by atoms with van der Waals surface area (Å²) in [5, 5.41) is 0. The van der Waals surface area contributed by atoms with E-state index in [1.807, 2.05) is 0 Å². The Balaban J connectivity index is 0.000000180. The molecule has 62 valence electrons. The summed E-state index contributed by atoms with van der Waals surface area (Å²) in [6.45, 7) is 0. The molecule has 1 aliphatic carbocycles. The minimum atomic E-state index is -2.18. The minimum absolute atomic E-state index is 1.50. The molecule has 4 heteroatoms. The molecule has 0 bridgehead atoms. The van der Waals surface area contributed by atoms with E-state index in [9.17, 15) is 0 Å². The fourth-order valence-corrected chi connectivity index (χ4v) is 1.06. The van der Waals surface area contributed by atoms with Crippen molar-refractivity contribution < 1.29 is 0 Å². The maximum atomic E-state index is 5.01. The van der Waals surface area contributed by atoms with Crippen LogP contribution in [0.15, 0.2) is 0 Å². The summed E-state index contributed by atoms with van der Waals surface area (Å²) >= 11 is -2.18. The summed E-state index contributed by atoms with van der Waals surface area (Å²) in [4.78, 5) is 0. The molecule has 0 radical (unpaired) electrons. The molecule has 0 aromatic rings. The Morgan fingerprint density at radius 3 is 0.800 bits per heavy atom. The van der Waals surface area contributed by atoms with Crippen LogP contribution in [0.25, 0.3) is 0 Å². The third-order valence-electron chi connectivity index (χ3n) is 1.50. The summed E-state index contributed by atoms with van der Waals surface area (Å²) in [6, 6.07) is 0. The predicted molar refractivity (Wildman–Crippen MR) is 51.0 cm³/mol. The van der Waals surface area contributed by atoms with Crippen molar-refractivity contribution in [3.8, 4) is 0 Å². The molecule has 0 saturated heterocycles. The summed E-state index contributed by atoms with van der Waals surface area (Å²) in [5.74, 6) is 0. The third-order valence-corrected chi connectivity index (χ3v) is 1.50. The Labute approximate surface area is 81.6 Å². The van der Waals surface area contributed by atoms with Gasteiger partial charge in [-0.05, 0) is 0 Å². The van der Waals surface area contributed by atoms with Crippen molar-refractivity contribution in [3.05, 3.63) is 0 Å². The topological polar surface area (TPSA) is 0 Å². The standard InChI is InChI=1S/C6H12.Bi.3ClH/c1-2-4-6-5-3-1;;;;/h1-6H2;;3*1H/q;+3;;;/p-3. The molecular weight excluding hydrogens is 387 g/mol. The molecule has 0 aromatic heterocycles. The first-order valence-corrected chi connectivity index (χ1v) is 16.3. The summed E-state index contributed by atoms with van der Waals surface area (Å²) in [7, 11) is 15.0. The summed E-state index contributed by atoms with van der Waals surface area (Å²) in [5.41, 5.74) is 0. The number of hydrogen-bond acceptors (Lipinski definition) is 0. The number of halogens is 3. The van der Waals surface area contributed by atoms with E-state index in [0.717, 1.165) is 0 Å². The van der Waals surface area contributed by atoms with Gasteiger partial charge in [-0.1, -0.05) is 38.5 Å². The van der Waals surface area contributed by atoms with Crippen LogP contribution in [0, 0.1) is 0 Å². The first-order valence-electron chi connectivity index (χ1n) is 3.51. The molecule has 0 amide bonds. The van der Waals surface area contributed by atoms with Crippen molar-refractivity contribution in [2.24, 2.45) is 0 Å². The zero-order valence-electron chi connectivity index (χ0n) is 5.82. The normalized spacial score (nSPS) is 18.0. The maximum absolute atomic E-state index is 5.01. The van der Waals surface area contributed by atoms with Crippen molar-refractivity contribution in [3.63, 3.8) is 0 Å². The van der Waals surface area contributed by atoms with Gasteiger partial charge in [0.05, 0.1) is 0 Å². The molecule has 1 aliphatic rings. The van der Waals surface area contributed by atoms with Gasteiger partial charge in [0.25, 0.3) is 0 Å². The van der Waals surface area contributed by atoms with E-state index in [1.165, 1.54) is 38.5 Å². The molecule has 0 N–H and O–H groups in total. The molecule has 1 fully saturated rings. The van der Waals surface area contributed by atoms with E-state index >= 15 is 0 Å². The second-order valence-electron chi connectivity index (χ2n) is 2.31. The first-order chi connectivity index (χ1) is 4.73. The Kier molecular flexibility index (Phi) is 10.4. The molecule has 1 rings (SSSR count). The molecule has 0 atom stereocenters. The molecule has 1 saturated carbocycles. The van der Waals surface area contributed by atoms with Gasteiger partial charge < -0.3 is 0 Å². The Hall–Kier alpha value is 1.75. The van der Waals surface area contributed by atoms with E-state index < -0.39 is 18.2 Å². The van der Waals surface area contributed by atoms with Gasteiger partial charge in [0, 0.05) is 0 Å². The van der Waals surface area contributed by atoms with Crippen LogP contribution in [-0.2, 0) is 0 Å². The fraction of sp³-hybridized carbons (Fsp3) is 1.00. The molecule has 0 heterocycles. The number of rotatable bonds is 0. The zero-order chi connectivity index (χ0) is 7.82. The van der Waals surface area contributed by atoms with Crippen molar-refractivity contribution in [1.29, 1.82) is 0 Å². The van der Waals surface area contributed by atoms with Crippen LogP contribution in [-0.4, -0.2) is 18.2 Å². The van der Waals surface area contributed by atoms with Crippen LogP contribution in [0.2, 0.25) is 0 Å². The number of hydrogen-bond donors (Lipinski definition) is 0. The van der Waals surface area contributed by atoms with Crippen molar-refractivity contribution >= 4 is 43.7 Å². The van der Waals surface area contributed by atoms with Crippen molar-refractivity contribution in [1.82, 2.24) is 0 Å². The SMILES string of the molecule is C1CCCCC1.[Cl][Bi]([Cl])[Cl]. The van der Waals surface area contributed by atoms with E-state index in [-0.39, 0.29) is 0 Å². The van der Waals surface area contributed by atoms with Gasteiger partial charge in [-0.3, -0.25) is 0 Å². The molecule has 0 aliphatic heterocycles. The molecule has 0 unspecified atom stereocenters. The van der Waals surface area contributed by atoms with Crippen LogP contribution in [0.4, 0.5) is 0 Å². The van der Waals surface area contributed by atoms with Gasteiger partial charge in [-0.2, -0.15) is 0 Å². The molecule has 0 aromatic carbocycles. The molecule has 10 heavy (non-hydrogen) atoms. The van der Waals surface area contributed by atoms with Gasteiger partial charge in [0.15, 0.2) is 0 Å². The van der Waals surface area contributed by atoms with Crippen LogP contribution in [0.3, 0.4) is 0 Å². The average Bonchev–Trinajstić information content (AvgIpc) is 1.90. The Morgan fingerprint density at radius 2 is 0.700 bits per heavy atom. The van der Waals surface area contributed by atoms with Gasteiger partial charge in [-0.25, -0.2) is 0 Å². The fourth-order valence-electron chi connectivity index (χ4n) is 1.06. The van der Waals surface area contributed by atoms with Gasteiger partial charge in [0.2, 0.25) is 0 Å².